The van der Waals surface area contributed by atoms with Crippen LogP contribution in [0.5, 0.6) is 0 Å². The highest BCUT2D eigenvalue weighted by Crippen LogP contribution is 2.22. The molecule has 6 heteroatoms. The number of nitrogens with zero attached hydrogens (tertiary/aromatic N) is 2. The predicted octanol–water partition coefficient (Wildman–Crippen LogP) is 3.07. The van der Waals surface area contributed by atoms with Crippen molar-refractivity contribution in [1.82, 2.24) is 9.78 Å². The number of aromatic nitrogens is 2. The molecule has 0 aliphatic rings. The Bertz CT molecular complexity index is 527. The summed E-state index contributed by atoms with van der Waals surface area (Å²) in [6.45, 7) is 0.254. The summed E-state index contributed by atoms with van der Waals surface area (Å²) < 4.78 is 15.8. The second-order valence-electron chi connectivity index (χ2n) is 3.25. The largest absolute Gasteiger partial charge is 0.383 e. The molecule has 0 unspecified atom stereocenters. The molecule has 84 valence electrons. The average Bonchev–Trinajstić information content (AvgIpc) is 2.57. The normalized spacial score (nSPS) is 10.7. The molecule has 0 fully saturated rings. The molecule has 2 N–H and O–H groups in total. The van der Waals surface area contributed by atoms with Gasteiger partial charge in [-0.2, -0.15) is 5.10 Å². The Labute approximate surface area is 105 Å². The van der Waals surface area contributed by atoms with Crippen LogP contribution in [0.2, 0.25) is 5.02 Å². The molecule has 0 saturated heterocycles. The lowest BCUT2D eigenvalue weighted by Gasteiger charge is -2.06. The van der Waals surface area contributed by atoms with Crippen molar-refractivity contribution in [2.45, 2.75) is 6.54 Å². The van der Waals surface area contributed by atoms with Crippen molar-refractivity contribution in [3.05, 3.63) is 45.3 Å². The van der Waals surface area contributed by atoms with Crippen LogP contribution in [0.1, 0.15) is 5.56 Å². The average molecular weight is 305 g/mol. The van der Waals surface area contributed by atoms with Gasteiger partial charge in [0.1, 0.15) is 11.6 Å². The Hall–Kier alpha value is -1.07. The topological polar surface area (TPSA) is 43.8 Å². The molecule has 0 saturated carbocycles. The zero-order valence-electron chi connectivity index (χ0n) is 8.12. The van der Waals surface area contributed by atoms with Gasteiger partial charge >= 0.3 is 0 Å². The van der Waals surface area contributed by atoms with Crippen molar-refractivity contribution in [1.29, 1.82) is 0 Å². The third-order valence-corrected chi connectivity index (χ3v) is 3.09. The minimum Gasteiger partial charge on any atom is -0.383 e. The van der Waals surface area contributed by atoms with Crippen LogP contribution >= 0.6 is 27.5 Å². The first-order valence-electron chi connectivity index (χ1n) is 4.49. The Balaban J connectivity index is 2.34. The van der Waals surface area contributed by atoms with Gasteiger partial charge in [-0.3, -0.25) is 0 Å². The van der Waals surface area contributed by atoms with Crippen LogP contribution in [-0.2, 0) is 6.54 Å². The van der Waals surface area contributed by atoms with E-state index in [0.717, 1.165) is 0 Å². The molecule has 0 aliphatic heterocycles. The number of nitrogen functional groups attached to an aromatic ring is 1. The van der Waals surface area contributed by atoms with Gasteiger partial charge in [-0.1, -0.05) is 23.7 Å². The van der Waals surface area contributed by atoms with Crippen LogP contribution in [-0.4, -0.2) is 9.78 Å². The number of nitrogens with two attached hydrogens (primary N) is 1. The van der Waals surface area contributed by atoms with E-state index >= 15 is 0 Å². The lowest BCUT2D eigenvalue weighted by molar-refractivity contribution is 0.588. The number of benzene rings is 1. The van der Waals surface area contributed by atoms with Gasteiger partial charge in [-0.25, -0.2) is 9.07 Å². The number of hydrogen-bond donors (Lipinski definition) is 1. The fourth-order valence-electron chi connectivity index (χ4n) is 1.33. The third kappa shape index (κ3) is 2.05. The zero-order chi connectivity index (χ0) is 11.7. The van der Waals surface area contributed by atoms with Crippen molar-refractivity contribution in [3.63, 3.8) is 0 Å². The maximum absolute atomic E-state index is 13.6. The van der Waals surface area contributed by atoms with Crippen molar-refractivity contribution in [3.8, 4) is 0 Å². The summed E-state index contributed by atoms with van der Waals surface area (Å²) in [5.74, 6) is 0.0227. The summed E-state index contributed by atoms with van der Waals surface area (Å²) in [7, 11) is 0. The Kier molecular flexibility index (Phi) is 3.16. The summed E-state index contributed by atoms with van der Waals surface area (Å²) in [6.07, 6.45) is 1.57. The lowest BCUT2D eigenvalue weighted by Crippen LogP contribution is -2.07. The van der Waals surface area contributed by atoms with Crippen LogP contribution in [0, 0.1) is 5.82 Å². The molecule has 1 aromatic carbocycles. The van der Waals surface area contributed by atoms with E-state index in [9.17, 15) is 4.39 Å². The van der Waals surface area contributed by atoms with Crippen LogP contribution in [0.4, 0.5) is 10.2 Å². The van der Waals surface area contributed by atoms with E-state index in [1.807, 2.05) is 0 Å². The van der Waals surface area contributed by atoms with E-state index in [4.69, 9.17) is 17.3 Å². The van der Waals surface area contributed by atoms with E-state index in [0.29, 0.717) is 15.9 Å². The van der Waals surface area contributed by atoms with Gasteiger partial charge in [0, 0.05) is 5.56 Å². The van der Waals surface area contributed by atoms with Gasteiger partial charge < -0.3 is 5.73 Å². The minimum atomic E-state index is -0.435. The highest BCUT2D eigenvalue weighted by Gasteiger charge is 2.10. The van der Waals surface area contributed by atoms with Gasteiger partial charge in [0.05, 0.1) is 22.2 Å². The maximum atomic E-state index is 13.6. The van der Waals surface area contributed by atoms with E-state index in [1.54, 1.807) is 18.3 Å². The molecule has 0 radical (unpaired) electrons. The lowest BCUT2D eigenvalue weighted by atomic mass is 10.2. The monoisotopic (exact) mass is 303 g/mol. The summed E-state index contributed by atoms with van der Waals surface area (Å²) in [5.41, 5.74) is 6.19. The van der Waals surface area contributed by atoms with Gasteiger partial charge in [0.15, 0.2) is 0 Å². The molecule has 1 aromatic heterocycles. The highest BCUT2D eigenvalue weighted by molar-refractivity contribution is 9.10. The Morgan fingerprint density at radius 3 is 2.88 bits per heavy atom. The second kappa shape index (κ2) is 4.43. The third-order valence-electron chi connectivity index (χ3n) is 2.18. The van der Waals surface area contributed by atoms with Gasteiger partial charge in [0.25, 0.3) is 0 Å². The molecule has 0 amide bonds. The van der Waals surface area contributed by atoms with Gasteiger partial charge in [-0.15, -0.1) is 0 Å². The quantitative estimate of drug-likeness (QED) is 0.926. The summed E-state index contributed by atoms with van der Waals surface area (Å²) in [6, 6.07) is 4.84. The van der Waals surface area contributed by atoms with Gasteiger partial charge in [-0.05, 0) is 22.0 Å². The van der Waals surface area contributed by atoms with Crippen molar-refractivity contribution in [2.24, 2.45) is 0 Å². The molecule has 0 bridgehead atoms. The fourth-order valence-corrected chi connectivity index (χ4v) is 1.82. The molecule has 2 aromatic rings. The van der Waals surface area contributed by atoms with Crippen LogP contribution in [0.15, 0.2) is 28.9 Å². The van der Waals surface area contributed by atoms with Crippen LogP contribution in [0.25, 0.3) is 0 Å². The first-order chi connectivity index (χ1) is 7.59. The molecule has 0 atom stereocenters. The number of hydrogen-bond acceptors (Lipinski definition) is 2. The molecule has 1 heterocycles. The summed E-state index contributed by atoms with van der Waals surface area (Å²) in [4.78, 5) is 0. The smallest absolute Gasteiger partial charge is 0.146 e. The van der Waals surface area contributed by atoms with E-state index in [-0.39, 0.29) is 11.6 Å². The number of halogens is 3. The van der Waals surface area contributed by atoms with Crippen LogP contribution in [0.3, 0.4) is 0 Å². The number of anilines is 1. The standard InChI is InChI=1S/C10H8BrClFN3/c11-7-4-15-16(10(7)14)5-6-2-1-3-8(12)9(6)13/h1-4H,5,14H2. The van der Waals surface area contributed by atoms with Crippen molar-refractivity contribution < 1.29 is 4.39 Å². The molecule has 0 aliphatic carbocycles. The fraction of sp³-hybridized carbons (Fsp3) is 0.100. The summed E-state index contributed by atoms with van der Waals surface area (Å²) in [5, 5.41) is 4.12. The minimum absolute atomic E-state index is 0.0993. The maximum Gasteiger partial charge on any atom is 0.146 e. The van der Waals surface area contributed by atoms with E-state index in [2.05, 4.69) is 21.0 Å². The molecular formula is C10H8BrClFN3. The highest BCUT2D eigenvalue weighted by atomic mass is 79.9. The number of rotatable bonds is 2. The Morgan fingerprint density at radius 1 is 1.50 bits per heavy atom. The van der Waals surface area contributed by atoms with Crippen molar-refractivity contribution >= 4 is 33.3 Å². The van der Waals surface area contributed by atoms with Crippen molar-refractivity contribution in [2.75, 3.05) is 5.73 Å². The van der Waals surface area contributed by atoms with E-state index in [1.165, 1.54) is 10.7 Å². The molecule has 0 spiro atoms. The molecule has 3 nitrogen and oxygen atoms in total. The summed E-state index contributed by atoms with van der Waals surface area (Å²) >= 11 is 8.91. The molecular weight excluding hydrogens is 296 g/mol. The molecule has 16 heavy (non-hydrogen) atoms. The van der Waals surface area contributed by atoms with E-state index < -0.39 is 5.82 Å². The second-order valence-corrected chi connectivity index (χ2v) is 4.51. The SMILES string of the molecule is Nc1c(Br)cnn1Cc1cccc(Cl)c1F. The molecule has 2 rings (SSSR count). The van der Waals surface area contributed by atoms with Gasteiger partial charge in [0.2, 0.25) is 0 Å². The van der Waals surface area contributed by atoms with Crippen LogP contribution < -0.4 is 5.73 Å². The predicted molar refractivity (Wildman–Crippen MR) is 64.9 cm³/mol. The zero-order valence-corrected chi connectivity index (χ0v) is 10.5. The Morgan fingerprint density at radius 2 is 2.25 bits per heavy atom. The first-order valence-corrected chi connectivity index (χ1v) is 5.66. The first kappa shape index (κ1) is 11.4.